The largest absolute Gasteiger partial charge is 0.301 e. The summed E-state index contributed by atoms with van der Waals surface area (Å²) in [5.41, 5.74) is 0. The summed E-state index contributed by atoms with van der Waals surface area (Å²) in [5, 5.41) is 12.3. The van der Waals surface area contributed by atoms with Crippen molar-refractivity contribution in [2.45, 2.75) is 45.7 Å². The van der Waals surface area contributed by atoms with E-state index in [1.54, 1.807) is 0 Å². The first-order chi connectivity index (χ1) is 7.17. The van der Waals surface area contributed by atoms with Crippen molar-refractivity contribution < 1.29 is 0 Å². The highest BCUT2D eigenvalue weighted by Gasteiger charge is 2.27. The van der Waals surface area contributed by atoms with Crippen molar-refractivity contribution in [3.05, 3.63) is 0 Å². The van der Waals surface area contributed by atoms with E-state index in [-0.39, 0.29) is 6.04 Å². The topological polar surface area (TPSA) is 39.1 Å². The van der Waals surface area contributed by atoms with E-state index in [0.29, 0.717) is 6.04 Å². The molecule has 1 aliphatic rings. The van der Waals surface area contributed by atoms with Gasteiger partial charge >= 0.3 is 0 Å². The van der Waals surface area contributed by atoms with Crippen LogP contribution in [0, 0.1) is 17.2 Å². The average molecular weight is 209 g/mol. The molecule has 86 valence electrons. The van der Waals surface area contributed by atoms with Gasteiger partial charge in [-0.15, -0.1) is 0 Å². The lowest BCUT2D eigenvalue weighted by Gasteiger charge is -2.24. The SMILES string of the molecule is CCCNC(C#N)CN1CC(C)CC1C. The van der Waals surface area contributed by atoms with Gasteiger partial charge in [0, 0.05) is 19.1 Å². The summed E-state index contributed by atoms with van der Waals surface area (Å²) in [6, 6.07) is 2.98. The Hall–Kier alpha value is -0.590. The third-order valence-electron chi connectivity index (χ3n) is 3.13. The summed E-state index contributed by atoms with van der Waals surface area (Å²) in [7, 11) is 0. The first kappa shape index (κ1) is 12.5. The molecule has 1 fully saturated rings. The van der Waals surface area contributed by atoms with E-state index in [0.717, 1.165) is 32.0 Å². The molecular weight excluding hydrogens is 186 g/mol. The quantitative estimate of drug-likeness (QED) is 0.747. The van der Waals surface area contributed by atoms with E-state index >= 15 is 0 Å². The molecule has 0 saturated carbocycles. The van der Waals surface area contributed by atoms with Crippen molar-refractivity contribution in [1.82, 2.24) is 10.2 Å². The lowest BCUT2D eigenvalue weighted by molar-refractivity contribution is 0.249. The van der Waals surface area contributed by atoms with Crippen molar-refractivity contribution in [2.75, 3.05) is 19.6 Å². The van der Waals surface area contributed by atoms with Crippen molar-refractivity contribution in [3.63, 3.8) is 0 Å². The predicted octanol–water partition coefficient (Wildman–Crippen LogP) is 1.61. The molecule has 1 rings (SSSR count). The number of nitrogens with one attached hydrogen (secondary N) is 1. The Bertz CT molecular complexity index is 221. The maximum Gasteiger partial charge on any atom is 0.108 e. The molecular formula is C12H23N3. The zero-order chi connectivity index (χ0) is 11.3. The van der Waals surface area contributed by atoms with Crippen LogP contribution in [0.1, 0.15) is 33.6 Å². The van der Waals surface area contributed by atoms with Gasteiger partial charge in [-0.1, -0.05) is 13.8 Å². The van der Waals surface area contributed by atoms with Gasteiger partial charge < -0.3 is 5.32 Å². The summed E-state index contributed by atoms with van der Waals surface area (Å²) in [4.78, 5) is 2.43. The van der Waals surface area contributed by atoms with Crippen molar-refractivity contribution in [3.8, 4) is 6.07 Å². The van der Waals surface area contributed by atoms with Gasteiger partial charge in [0.05, 0.1) is 6.07 Å². The van der Waals surface area contributed by atoms with Crippen LogP contribution >= 0.6 is 0 Å². The van der Waals surface area contributed by atoms with Crippen LogP contribution < -0.4 is 5.32 Å². The van der Waals surface area contributed by atoms with E-state index < -0.39 is 0 Å². The first-order valence-corrected chi connectivity index (χ1v) is 6.04. The highest BCUT2D eigenvalue weighted by Crippen LogP contribution is 2.21. The van der Waals surface area contributed by atoms with Crippen LogP contribution in [0.15, 0.2) is 0 Å². The fourth-order valence-corrected chi connectivity index (χ4v) is 2.34. The smallest absolute Gasteiger partial charge is 0.108 e. The van der Waals surface area contributed by atoms with Gasteiger partial charge in [-0.2, -0.15) is 5.26 Å². The molecule has 3 heteroatoms. The molecule has 15 heavy (non-hydrogen) atoms. The van der Waals surface area contributed by atoms with Crippen LogP contribution in [0.4, 0.5) is 0 Å². The Morgan fingerprint density at radius 1 is 1.53 bits per heavy atom. The molecule has 3 unspecified atom stereocenters. The van der Waals surface area contributed by atoms with Crippen molar-refractivity contribution in [1.29, 1.82) is 5.26 Å². The summed E-state index contributed by atoms with van der Waals surface area (Å²) < 4.78 is 0. The Balaban J connectivity index is 2.35. The van der Waals surface area contributed by atoms with Crippen LogP contribution in [0.25, 0.3) is 0 Å². The minimum atomic E-state index is -0.00213. The summed E-state index contributed by atoms with van der Waals surface area (Å²) in [5.74, 6) is 0.783. The van der Waals surface area contributed by atoms with E-state index in [4.69, 9.17) is 5.26 Å². The highest BCUT2D eigenvalue weighted by atomic mass is 15.2. The molecule has 0 aromatic carbocycles. The summed E-state index contributed by atoms with van der Waals surface area (Å²) in [6.45, 7) is 9.64. The third kappa shape index (κ3) is 3.81. The second kappa shape index (κ2) is 6.09. The Kier molecular flexibility index (Phi) is 5.07. The number of nitrogens with zero attached hydrogens (tertiary/aromatic N) is 2. The van der Waals surface area contributed by atoms with Crippen molar-refractivity contribution >= 4 is 0 Å². The summed E-state index contributed by atoms with van der Waals surface area (Å²) in [6.07, 6.45) is 2.36. The van der Waals surface area contributed by atoms with Gasteiger partial charge in [0.25, 0.3) is 0 Å². The Labute approximate surface area is 93.5 Å². The van der Waals surface area contributed by atoms with E-state index in [2.05, 4.69) is 37.1 Å². The standard InChI is InChI=1S/C12H23N3/c1-4-5-14-12(7-13)9-15-8-10(2)6-11(15)3/h10-12,14H,4-6,8-9H2,1-3H3. The molecule has 1 heterocycles. The normalized spacial score (nSPS) is 28.9. The molecule has 1 N–H and O–H groups in total. The van der Waals surface area contributed by atoms with Gasteiger partial charge in [0.1, 0.15) is 6.04 Å². The van der Waals surface area contributed by atoms with Crippen LogP contribution in [-0.2, 0) is 0 Å². The molecule has 1 saturated heterocycles. The Morgan fingerprint density at radius 3 is 2.73 bits per heavy atom. The second-order valence-electron chi connectivity index (χ2n) is 4.78. The van der Waals surface area contributed by atoms with Gasteiger partial charge in [-0.05, 0) is 32.2 Å². The lowest BCUT2D eigenvalue weighted by Crippen LogP contribution is -2.41. The van der Waals surface area contributed by atoms with Crippen molar-refractivity contribution in [2.24, 2.45) is 5.92 Å². The van der Waals surface area contributed by atoms with Gasteiger partial charge in [-0.25, -0.2) is 0 Å². The van der Waals surface area contributed by atoms with E-state index in [9.17, 15) is 0 Å². The number of nitriles is 1. The van der Waals surface area contributed by atoms with Gasteiger partial charge in [0.15, 0.2) is 0 Å². The lowest BCUT2D eigenvalue weighted by atomic mass is 10.1. The molecule has 0 aromatic heterocycles. The summed E-state index contributed by atoms with van der Waals surface area (Å²) >= 11 is 0. The van der Waals surface area contributed by atoms with E-state index in [1.807, 2.05) is 0 Å². The molecule has 0 aliphatic carbocycles. The number of hydrogen-bond donors (Lipinski definition) is 1. The molecule has 1 aliphatic heterocycles. The second-order valence-corrected chi connectivity index (χ2v) is 4.78. The molecule has 0 spiro atoms. The fraction of sp³-hybridized carbons (Fsp3) is 0.917. The maximum atomic E-state index is 9.03. The number of hydrogen-bond acceptors (Lipinski definition) is 3. The molecule has 3 atom stereocenters. The van der Waals surface area contributed by atoms with E-state index in [1.165, 1.54) is 6.42 Å². The zero-order valence-corrected chi connectivity index (χ0v) is 10.2. The number of likely N-dealkylation sites (tertiary alicyclic amines) is 1. The van der Waals surface area contributed by atoms with Crippen LogP contribution in [-0.4, -0.2) is 36.6 Å². The molecule has 0 radical (unpaired) electrons. The minimum Gasteiger partial charge on any atom is -0.301 e. The van der Waals surface area contributed by atoms with Crippen LogP contribution in [0.2, 0.25) is 0 Å². The molecule has 3 nitrogen and oxygen atoms in total. The van der Waals surface area contributed by atoms with Crippen LogP contribution in [0.5, 0.6) is 0 Å². The maximum absolute atomic E-state index is 9.03. The Morgan fingerprint density at radius 2 is 2.27 bits per heavy atom. The monoisotopic (exact) mass is 209 g/mol. The number of rotatable bonds is 5. The fourth-order valence-electron chi connectivity index (χ4n) is 2.34. The molecule has 0 aromatic rings. The molecule has 0 bridgehead atoms. The zero-order valence-electron chi connectivity index (χ0n) is 10.2. The van der Waals surface area contributed by atoms with Gasteiger partial charge in [0.2, 0.25) is 0 Å². The molecule has 0 amide bonds. The highest BCUT2D eigenvalue weighted by molar-refractivity contribution is 4.94. The van der Waals surface area contributed by atoms with Gasteiger partial charge in [-0.3, -0.25) is 4.90 Å². The average Bonchev–Trinajstić information content (AvgIpc) is 2.52. The minimum absolute atomic E-state index is 0.00213. The predicted molar refractivity (Wildman–Crippen MR) is 62.5 cm³/mol. The van der Waals surface area contributed by atoms with Crippen LogP contribution in [0.3, 0.4) is 0 Å². The first-order valence-electron chi connectivity index (χ1n) is 6.04. The third-order valence-corrected chi connectivity index (χ3v) is 3.13.